The topological polar surface area (TPSA) is 79.3 Å². The summed E-state index contributed by atoms with van der Waals surface area (Å²) in [6, 6.07) is 23.9. The van der Waals surface area contributed by atoms with Crippen molar-refractivity contribution in [3.63, 3.8) is 0 Å². The van der Waals surface area contributed by atoms with Crippen LogP contribution >= 0.6 is 0 Å². The van der Waals surface area contributed by atoms with E-state index in [0.717, 1.165) is 49.3 Å². The van der Waals surface area contributed by atoms with Gasteiger partial charge in [-0.05, 0) is 79.4 Å². The van der Waals surface area contributed by atoms with Gasteiger partial charge in [-0.2, -0.15) is 0 Å². The maximum Gasteiger partial charge on any atom is 0.414 e. The number of carbonyl (C=O) groups excluding carboxylic acids is 1. The predicted octanol–water partition coefficient (Wildman–Crippen LogP) is 5.20. The molecule has 0 aromatic heterocycles. The third-order valence-corrected chi connectivity index (χ3v) is 6.98. The van der Waals surface area contributed by atoms with E-state index in [1.165, 1.54) is 0 Å². The summed E-state index contributed by atoms with van der Waals surface area (Å²) in [5.41, 5.74) is 2.76. The highest BCUT2D eigenvalue weighted by molar-refractivity contribution is 5.88. The van der Waals surface area contributed by atoms with Crippen LogP contribution in [0, 0.1) is 5.92 Å². The van der Waals surface area contributed by atoms with Crippen molar-refractivity contribution in [3.05, 3.63) is 95.6 Å². The number of nitrogens with zero attached hydrogens (tertiary/aromatic N) is 2. The van der Waals surface area contributed by atoms with E-state index < -0.39 is 5.97 Å². The Balaban J connectivity index is 1.24. The van der Waals surface area contributed by atoms with E-state index in [4.69, 9.17) is 14.6 Å². The Bertz CT molecular complexity index is 1190. The lowest BCUT2D eigenvalue weighted by Gasteiger charge is -2.44. The van der Waals surface area contributed by atoms with Crippen LogP contribution in [0.1, 0.15) is 34.3 Å². The van der Waals surface area contributed by atoms with Gasteiger partial charge in [0.05, 0.1) is 12.1 Å². The van der Waals surface area contributed by atoms with E-state index in [0.29, 0.717) is 18.2 Å². The Morgan fingerprint density at radius 1 is 0.917 bits per heavy atom. The molecule has 1 N–H and O–H groups in total. The minimum atomic E-state index is -0.962. The number of rotatable bonds is 8. The van der Waals surface area contributed by atoms with Crippen molar-refractivity contribution in [2.45, 2.75) is 32.1 Å². The zero-order valence-corrected chi connectivity index (χ0v) is 20.1. The number of fused-ring (bicyclic) bond motifs is 3. The number of carboxylic acids is 1. The van der Waals surface area contributed by atoms with Gasteiger partial charge < -0.3 is 14.6 Å². The van der Waals surface area contributed by atoms with Crippen LogP contribution in [0.4, 0.5) is 10.5 Å². The molecule has 3 aromatic carbocycles. The van der Waals surface area contributed by atoms with E-state index in [1.54, 1.807) is 23.1 Å². The van der Waals surface area contributed by atoms with Crippen molar-refractivity contribution in [2.75, 3.05) is 24.5 Å². The second-order valence-electron chi connectivity index (χ2n) is 9.42. The summed E-state index contributed by atoms with van der Waals surface area (Å²) < 4.78 is 11.9. The standard InChI is InChI=1S/C29H30N2O5/c32-28(33)24-6-4-5-22(17-24)20-35-26-11-9-21(10-12-26)18-31(25-7-2-1-3-8-25)29(34)36-27-19-30-15-13-23(27)14-16-30/h1-12,17,23,27H,13-16,18-20H2,(H,32,33)/t27-/m0/s1. The van der Waals surface area contributed by atoms with Crippen LogP contribution in [0.2, 0.25) is 0 Å². The van der Waals surface area contributed by atoms with E-state index in [1.807, 2.05) is 60.7 Å². The molecule has 0 unspecified atom stereocenters. The summed E-state index contributed by atoms with van der Waals surface area (Å²) in [7, 11) is 0. The van der Waals surface area contributed by atoms with E-state index in [-0.39, 0.29) is 24.4 Å². The van der Waals surface area contributed by atoms with Crippen LogP contribution in [-0.2, 0) is 17.9 Å². The van der Waals surface area contributed by atoms with Gasteiger partial charge in [-0.3, -0.25) is 9.80 Å². The number of anilines is 1. The molecular formula is C29H30N2O5. The predicted molar refractivity (Wildman–Crippen MR) is 136 cm³/mol. The molecule has 3 aliphatic rings. The van der Waals surface area contributed by atoms with Gasteiger partial charge in [0.15, 0.2) is 0 Å². The maximum absolute atomic E-state index is 13.3. The van der Waals surface area contributed by atoms with Crippen LogP contribution in [0.25, 0.3) is 0 Å². The third kappa shape index (κ3) is 5.69. The Labute approximate surface area is 210 Å². The molecule has 0 spiro atoms. The molecule has 1 atom stereocenters. The lowest BCUT2D eigenvalue weighted by molar-refractivity contribution is -0.0311. The van der Waals surface area contributed by atoms with Gasteiger partial charge in [-0.1, -0.05) is 42.5 Å². The summed E-state index contributed by atoms with van der Waals surface area (Å²) in [6.45, 7) is 3.66. The highest BCUT2D eigenvalue weighted by Gasteiger charge is 2.37. The summed E-state index contributed by atoms with van der Waals surface area (Å²) >= 11 is 0. The molecule has 3 saturated heterocycles. The Morgan fingerprint density at radius 2 is 1.67 bits per heavy atom. The molecule has 186 valence electrons. The average molecular weight is 487 g/mol. The third-order valence-electron chi connectivity index (χ3n) is 6.98. The fourth-order valence-electron chi connectivity index (χ4n) is 4.94. The molecule has 3 aliphatic heterocycles. The number of piperidine rings is 3. The fraction of sp³-hybridized carbons (Fsp3) is 0.310. The van der Waals surface area contributed by atoms with Crippen molar-refractivity contribution >= 4 is 17.7 Å². The van der Waals surface area contributed by atoms with Crippen LogP contribution in [0.5, 0.6) is 5.75 Å². The minimum absolute atomic E-state index is 0.0541. The molecule has 7 heteroatoms. The van der Waals surface area contributed by atoms with Crippen LogP contribution < -0.4 is 9.64 Å². The molecule has 3 heterocycles. The zero-order chi connectivity index (χ0) is 24.9. The molecule has 2 bridgehead atoms. The fourth-order valence-corrected chi connectivity index (χ4v) is 4.94. The molecule has 36 heavy (non-hydrogen) atoms. The second-order valence-corrected chi connectivity index (χ2v) is 9.42. The summed E-state index contributed by atoms with van der Waals surface area (Å²) in [6.07, 6.45) is 1.80. The number of amides is 1. The molecule has 7 nitrogen and oxygen atoms in total. The quantitative estimate of drug-likeness (QED) is 0.471. The van der Waals surface area contributed by atoms with E-state index >= 15 is 0 Å². The molecule has 0 aliphatic carbocycles. The van der Waals surface area contributed by atoms with Gasteiger partial charge in [0.1, 0.15) is 18.5 Å². The normalized spacial score (nSPS) is 20.5. The number of carboxylic acid groups (broad SMARTS) is 1. The van der Waals surface area contributed by atoms with Gasteiger partial charge >= 0.3 is 12.1 Å². The summed E-state index contributed by atoms with van der Waals surface area (Å²) in [5.74, 6) is 0.154. The van der Waals surface area contributed by atoms with Gasteiger partial charge in [0.2, 0.25) is 0 Å². The summed E-state index contributed by atoms with van der Waals surface area (Å²) in [4.78, 5) is 28.5. The monoisotopic (exact) mass is 486 g/mol. The Hall–Kier alpha value is -3.84. The smallest absolute Gasteiger partial charge is 0.414 e. The van der Waals surface area contributed by atoms with Crippen LogP contribution in [0.3, 0.4) is 0 Å². The van der Waals surface area contributed by atoms with Crippen molar-refractivity contribution in [1.29, 1.82) is 0 Å². The number of para-hydroxylation sites is 1. The molecule has 1 amide bonds. The number of hydrogen-bond donors (Lipinski definition) is 1. The first kappa shape index (κ1) is 23.9. The zero-order valence-electron chi connectivity index (χ0n) is 20.1. The minimum Gasteiger partial charge on any atom is -0.489 e. The van der Waals surface area contributed by atoms with Gasteiger partial charge in [-0.15, -0.1) is 0 Å². The first-order valence-corrected chi connectivity index (χ1v) is 12.3. The highest BCUT2D eigenvalue weighted by atomic mass is 16.6. The lowest BCUT2D eigenvalue weighted by atomic mass is 9.86. The largest absolute Gasteiger partial charge is 0.489 e. The number of ether oxygens (including phenoxy) is 2. The second kappa shape index (κ2) is 10.8. The summed E-state index contributed by atoms with van der Waals surface area (Å²) in [5, 5.41) is 9.16. The molecule has 0 radical (unpaired) electrons. The molecule has 0 saturated carbocycles. The van der Waals surface area contributed by atoms with Crippen molar-refractivity contribution in [3.8, 4) is 5.75 Å². The molecule has 3 aromatic rings. The molecule has 6 rings (SSSR count). The number of carbonyl (C=O) groups is 2. The van der Waals surface area contributed by atoms with Crippen molar-refractivity contribution in [2.24, 2.45) is 5.92 Å². The number of benzene rings is 3. The van der Waals surface area contributed by atoms with Crippen LogP contribution in [-0.4, -0.2) is 47.8 Å². The first-order chi connectivity index (χ1) is 17.5. The highest BCUT2D eigenvalue weighted by Crippen LogP contribution is 2.31. The van der Waals surface area contributed by atoms with Crippen LogP contribution in [0.15, 0.2) is 78.9 Å². The van der Waals surface area contributed by atoms with E-state index in [2.05, 4.69) is 4.90 Å². The van der Waals surface area contributed by atoms with Crippen molar-refractivity contribution in [1.82, 2.24) is 4.90 Å². The maximum atomic E-state index is 13.3. The number of aromatic carboxylic acids is 1. The average Bonchev–Trinajstić information content (AvgIpc) is 2.92. The Morgan fingerprint density at radius 3 is 2.33 bits per heavy atom. The van der Waals surface area contributed by atoms with Gasteiger partial charge in [-0.25, -0.2) is 9.59 Å². The number of hydrogen-bond acceptors (Lipinski definition) is 5. The lowest BCUT2D eigenvalue weighted by Crippen LogP contribution is -2.53. The molecular weight excluding hydrogens is 456 g/mol. The van der Waals surface area contributed by atoms with E-state index in [9.17, 15) is 9.59 Å². The first-order valence-electron chi connectivity index (χ1n) is 12.3. The van der Waals surface area contributed by atoms with Crippen molar-refractivity contribution < 1.29 is 24.2 Å². The van der Waals surface area contributed by atoms with Gasteiger partial charge in [0.25, 0.3) is 0 Å². The Kier molecular flexibility index (Phi) is 7.18. The van der Waals surface area contributed by atoms with Gasteiger partial charge in [0, 0.05) is 12.2 Å². The molecule has 3 fully saturated rings. The SMILES string of the molecule is O=C(O)c1cccc(COc2ccc(CN(C(=O)O[C@H]3CN4CCC3CC4)c3ccccc3)cc2)c1.